The lowest BCUT2D eigenvalue weighted by Crippen LogP contribution is -2.28. The fourth-order valence-electron chi connectivity index (χ4n) is 2.41. The molecule has 0 aliphatic heterocycles. The highest BCUT2D eigenvalue weighted by atomic mass is 35.5. The molecule has 4 heteroatoms. The van der Waals surface area contributed by atoms with E-state index in [1.807, 2.05) is 12.1 Å². The van der Waals surface area contributed by atoms with Crippen molar-refractivity contribution in [1.82, 2.24) is 0 Å². The van der Waals surface area contributed by atoms with E-state index in [-0.39, 0.29) is 5.54 Å². The molecule has 0 saturated heterocycles. The SMILES string of the molecule is COc1cc(Cl)cc(CC2(N)CC2)c1OC1CCC1. The first-order valence-electron chi connectivity index (χ1n) is 6.92. The lowest BCUT2D eigenvalue weighted by Gasteiger charge is -2.29. The van der Waals surface area contributed by atoms with Gasteiger partial charge in [-0.05, 0) is 44.6 Å². The minimum Gasteiger partial charge on any atom is -0.493 e. The molecule has 2 aliphatic carbocycles. The highest BCUT2D eigenvalue weighted by Crippen LogP contribution is 2.43. The Morgan fingerprint density at radius 2 is 2.11 bits per heavy atom. The molecule has 104 valence electrons. The van der Waals surface area contributed by atoms with Crippen molar-refractivity contribution in [2.75, 3.05) is 7.11 Å². The average Bonchev–Trinajstić information content (AvgIpc) is 3.02. The van der Waals surface area contributed by atoms with Gasteiger partial charge < -0.3 is 15.2 Å². The van der Waals surface area contributed by atoms with Crippen LogP contribution in [-0.2, 0) is 6.42 Å². The second-order valence-corrected chi connectivity index (χ2v) is 6.24. The van der Waals surface area contributed by atoms with Crippen molar-refractivity contribution in [1.29, 1.82) is 0 Å². The summed E-state index contributed by atoms with van der Waals surface area (Å²) in [6.45, 7) is 0. The van der Waals surface area contributed by atoms with E-state index >= 15 is 0 Å². The molecule has 0 atom stereocenters. The third-order valence-corrected chi connectivity index (χ3v) is 4.31. The normalized spacial score (nSPS) is 20.8. The molecule has 0 aromatic heterocycles. The zero-order valence-electron chi connectivity index (χ0n) is 11.2. The predicted molar refractivity (Wildman–Crippen MR) is 76.1 cm³/mol. The number of nitrogens with two attached hydrogens (primary N) is 1. The Kier molecular flexibility index (Phi) is 3.35. The third-order valence-electron chi connectivity index (χ3n) is 4.09. The zero-order chi connectivity index (χ0) is 13.5. The van der Waals surface area contributed by atoms with Crippen LogP contribution in [0.1, 0.15) is 37.7 Å². The van der Waals surface area contributed by atoms with Crippen LogP contribution in [0, 0.1) is 0 Å². The van der Waals surface area contributed by atoms with Crippen molar-refractivity contribution in [2.45, 2.75) is 50.2 Å². The number of rotatable bonds is 5. The molecule has 0 heterocycles. The van der Waals surface area contributed by atoms with Gasteiger partial charge in [0.05, 0.1) is 13.2 Å². The van der Waals surface area contributed by atoms with Gasteiger partial charge >= 0.3 is 0 Å². The van der Waals surface area contributed by atoms with Gasteiger partial charge in [-0.3, -0.25) is 0 Å². The number of methoxy groups -OCH3 is 1. The molecular formula is C15H20ClNO2. The van der Waals surface area contributed by atoms with E-state index in [2.05, 4.69) is 0 Å². The Hall–Kier alpha value is -0.930. The maximum Gasteiger partial charge on any atom is 0.164 e. The molecule has 2 N–H and O–H groups in total. The number of ether oxygens (including phenoxy) is 2. The molecule has 3 nitrogen and oxygen atoms in total. The minimum atomic E-state index is -0.0621. The summed E-state index contributed by atoms with van der Waals surface area (Å²) in [5.74, 6) is 1.56. The Morgan fingerprint density at radius 3 is 2.63 bits per heavy atom. The van der Waals surface area contributed by atoms with E-state index in [1.54, 1.807) is 7.11 Å². The van der Waals surface area contributed by atoms with Crippen molar-refractivity contribution < 1.29 is 9.47 Å². The highest BCUT2D eigenvalue weighted by molar-refractivity contribution is 6.30. The third kappa shape index (κ3) is 2.82. The van der Waals surface area contributed by atoms with Gasteiger partial charge in [0.15, 0.2) is 11.5 Å². The average molecular weight is 282 g/mol. The largest absolute Gasteiger partial charge is 0.493 e. The molecule has 0 bridgehead atoms. The van der Waals surface area contributed by atoms with E-state index in [1.165, 1.54) is 6.42 Å². The maximum atomic E-state index is 6.23. The summed E-state index contributed by atoms with van der Waals surface area (Å²) in [5.41, 5.74) is 7.24. The topological polar surface area (TPSA) is 44.5 Å². The van der Waals surface area contributed by atoms with Crippen LogP contribution in [-0.4, -0.2) is 18.8 Å². The zero-order valence-corrected chi connectivity index (χ0v) is 12.0. The van der Waals surface area contributed by atoms with E-state index in [4.69, 9.17) is 26.8 Å². The fraction of sp³-hybridized carbons (Fsp3) is 0.600. The molecule has 2 saturated carbocycles. The molecule has 1 aromatic carbocycles. The van der Waals surface area contributed by atoms with Gasteiger partial charge in [-0.1, -0.05) is 11.6 Å². The first-order chi connectivity index (χ1) is 9.09. The summed E-state index contributed by atoms with van der Waals surface area (Å²) in [6, 6.07) is 3.78. The van der Waals surface area contributed by atoms with Crippen molar-refractivity contribution >= 4 is 11.6 Å². The highest BCUT2D eigenvalue weighted by Gasteiger charge is 2.39. The molecule has 1 aromatic rings. The van der Waals surface area contributed by atoms with Gasteiger partial charge in [-0.2, -0.15) is 0 Å². The molecule has 0 radical (unpaired) electrons. The summed E-state index contributed by atoms with van der Waals surface area (Å²) < 4.78 is 11.5. The Bertz CT molecular complexity index is 481. The fourth-order valence-corrected chi connectivity index (χ4v) is 2.64. The summed E-state index contributed by atoms with van der Waals surface area (Å²) >= 11 is 6.16. The van der Waals surface area contributed by atoms with Crippen LogP contribution in [0.4, 0.5) is 0 Å². The van der Waals surface area contributed by atoms with E-state index < -0.39 is 0 Å². The second-order valence-electron chi connectivity index (χ2n) is 5.81. The molecule has 0 spiro atoms. The molecule has 2 aliphatic rings. The van der Waals surface area contributed by atoms with Crippen LogP contribution in [0.3, 0.4) is 0 Å². The number of benzene rings is 1. The van der Waals surface area contributed by atoms with Crippen LogP contribution < -0.4 is 15.2 Å². The monoisotopic (exact) mass is 281 g/mol. The first kappa shape index (κ1) is 13.1. The standard InChI is InChI=1S/C15H20ClNO2/c1-18-13-8-11(16)7-10(9-15(17)5-6-15)14(13)19-12-3-2-4-12/h7-8,12H,2-6,9,17H2,1H3. The molecule has 2 fully saturated rings. The molecular weight excluding hydrogens is 262 g/mol. The van der Waals surface area contributed by atoms with Crippen LogP contribution in [0.5, 0.6) is 11.5 Å². The van der Waals surface area contributed by atoms with Crippen LogP contribution >= 0.6 is 11.6 Å². The number of hydrogen-bond donors (Lipinski definition) is 1. The van der Waals surface area contributed by atoms with Crippen molar-refractivity contribution in [2.24, 2.45) is 5.73 Å². The summed E-state index contributed by atoms with van der Waals surface area (Å²) in [7, 11) is 1.65. The van der Waals surface area contributed by atoms with Gasteiger partial charge in [0.1, 0.15) is 0 Å². The summed E-state index contributed by atoms with van der Waals surface area (Å²) in [4.78, 5) is 0. The van der Waals surface area contributed by atoms with Crippen LogP contribution in [0.25, 0.3) is 0 Å². The van der Waals surface area contributed by atoms with Gasteiger partial charge in [0.2, 0.25) is 0 Å². The predicted octanol–water partition coefficient (Wildman–Crippen LogP) is 3.31. The maximum absolute atomic E-state index is 6.23. The smallest absolute Gasteiger partial charge is 0.164 e. The quantitative estimate of drug-likeness (QED) is 0.900. The van der Waals surface area contributed by atoms with Crippen LogP contribution in [0.2, 0.25) is 5.02 Å². The molecule has 0 amide bonds. The Morgan fingerprint density at radius 1 is 1.37 bits per heavy atom. The van der Waals surface area contributed by atoms with E-state index in [0.717, 1.165) is 49.2 Å². The minimum absolute atomic E-state index is 0.0621. The van der Waals surface area contributed by atoms with E-state index in [0.29, 0.717) is 11.1 Å². The summed E-state index contributed by atoms with van der Waals surface area (Å²) in [6.07, 6.45) is 6.78. The van der Waals surface area contributed by atoms with Crippen molar-refractivity contribution in [3.8, 4) is 11.5 Å². The lowest BCUT2D eigenvalue weighted by molar-refractivity contribution is 0.114. The Balaban J connectivity index is 1.90. The van der Waals surface area contributed by atoms with Crippen molar-refractivity contribution in [3.05, 3.63) is 22.7 Å². The number of hydrogen-bond acceptors (Lipinski definition) is 3. The molecule has 0 unspecified atom stereocenters. The van der Waals surface area contributed by atoms with Crippen molar-refractivity contribution in [3.63, 3.8) is 0 Å². The molecule has 19 heavy (non-hydrogen) atoms. The number of halogens is 1. The van der Waals surface area contributed by atoms with Gasteiger partial charge in [-0.15, -0.1) is 0 Å². The van der Waals surface area contributed by atoms with Crippen LogP contribution in [0.15, 0.2) is 12.1 Å². The first-order valence-corrected chi connectivity index (χ1v) is 7.29. The van der Waals surface area contributed by atoms with Gasteiger partial charge in [0, 0.05) is 22.2 Å². The van der Waals surface area contributed by atoms with Gasteiger partial charge in [-0.25, -0.2) is 0 Å². The summed E-state index contributed by atoms with van der Waals surface area (Å²) in [5, 5.41) is 0.678. The Labute approximate surface area is 119 Å². The molecule has 3 rings (SSSR count). The lowest BCUT2D eigenvalue weighted by atomic mass is 9.95. The van der Waals surface area contributed by atoms with E-state index in [9.17, 15) is 0 Å². The second kappa shape index (κ2) is 4.88. The van der Waals surface area contributed by atoms with Gasteiger partial charge in [0.25, 0.3) is 0 Å².